The van der Waals surface area contributed by atoms with Gasteiger partial charge in [0.1, 0.15) is 28.5 Å². The molecule has 0 aliphatic carbocycles. The molecular weight excluding hydrogens is 618 g/mol. The molecule has 5 rings (SSSR count). The largest absolute Gasteiger partial charge is 0.455 e. The number of aromatic nitrogens is 1. The maximum atomic E-state index is 13.7. The van der Waals surface area contributed by atoms with E-state index in [0.29, 0.717) is 22.1 Å². The lowest BCUT2D eigenvalue weighted by Gasteiger charge is -2.21. The Hall–Kier alpha value is -5.30. The summed E-state index contributed by atoms with van der Waals surface area (Å²) in [4.78, 5) is 39.8. The number of amides is 2. The first-order valence-corrected chi connectivity index (χ1v) is 15.8. The molecule has 10 nitrogen and oxygen atoms in total. The lowest BCUT2D eigenvalue weighted by molar-refractivity contribution is 0.0935. The zero-order valence-corrected chi connectivity index (χ0v) is 26.3. The molecule has 2 aromatic heterocycles. The average Bonchev–Trinajstić information content (AvgIpc) is 3.39. The van der Waals surface area contributed by atoms with Crippen molar-refractivity contribution >= 4 is 38.5 Å². The van der Waals surface area contributed by atoms with E-state index in [9.17, 15) is 31.6 Å². The van der Waals surface area contributed by atoms with Crippen LogP contribution in [0.25, 0.3) is 33.4 Å². The van der Waals surface area contributed by atoms with E-state index in [-0.39, 0.29) is 33.7 Å². The fraction of sp³-hybridized carbons (Fsp3) is 0.182. The van der Waals surface area contributed by atoms with Gasteiger partial charge in [-0.3, -0.25) is 18.7 Å². The second-order valence-corrected chi connectivity index (χ2v) is 12.8. The summed E-state index contributed by atoms with van der Waals surface area (Å²) in [6.07, 6.45) is 2.46. The van der Waals surface area contributed by atoms with Crippen molar-refractivity contribution in [3.05, 3.63) is 112 Å². The van der Waals surface area contributed by atoms with Gasteiger partial charge < -0.3 is 19.6 Å². The summed E-state index contributed by atoms with van der Waals surface area (Å²) < 4.78 is 60.9. The topological polar surface area (TPSA) is 131 Å². The fourth-order valence-corrected chi connectivity index (χ4v) is 5.60. The number of aryl methyl sites for hydroxylation is 1. The van der Waals surface area contributed by atoms with E-state index in [1.165, 1.54) is 92.6 Å². The summed E-state index contributed by atoms with van der Waals surface area (Å²) in [5.74, 6) is -2.00. The Labute approximate surface area is 263 Å². The smallest absolute Gasteiger partial charge is 0.263 e. The summed E-state index contributed by atoms with van der Waals surface area (Å²) in [7, 11) is 0.389. The van der Waals surface area contributed by atoms with Crippen molar-refractivity contribution in [2.75, 3.05) is 24.7 Å². The fourth-order valence-electron chi connectivity index (χ4n) is 5.09. The van der Waals surface area contributed by atoms with Gasteiger partial charge in [0.2, 0.25) is 10.0 Å². The van der Waals surface area contributed by atoms with E-state index in [1.807, 2.05) is 0 Å². The number of pyridine rings is 1. The molecule has 0 bridgehead atoms. The molecule has 0 spiro atoms. The van der Waals surface area contributed by atoms with E-state index >= 15 is 0 Å². The highest BCUT2D eigenvalue weighted by molar-refractivity contribution is 7.92. The number of benzene rings is 3. The monoisotopic (exact) mass is 648 g/mol. The van der Waals surface area contributed by atoms with Crippen LogP contribution in [-0.4, -0.2) is 45.2 Å². The lowest BCUT2D eigenvalue weighted by atomic mass is 9.98. The number of nitrogens with one attached hydrogen (secondary N) is 2. The average molecular weight is 649 g/mol. The Morgan fingerprint density at radius 2 is 1.54 bits per heavy atom. The van der Waals surface area contributed by atoms with Gasteiger partial charge in [0, 0.05) is 55.5 Å². The molecule has 1 atom stereocenters. The van der Waals surface area contributed by atoms with Gasteiger partial charge >= 0.3 is 0 Å². The van der Waals surface area contributed by atoms with Crippen molar-refractivity contribution < 1.29 is 31.2 Å². The summed E-state index contributed by atoms with van der Waals surface area (Å²) in [6, 6.07) is 14.7. The number of fused-ring (bicyclic) bond motifs is 1. The van der Waals surface area contributed by atoms with Crippen LogP contribution in [0.5, 0.6) is 0 Å². The van der Waals surface area contributed by atoms with Crippen LogP contribution in [0.1, 0.15) is 39.2 Å². The third-order valence-electron chi connectivity index (χ3n) is 7.66. The number of halogens is 2. The number of sulfonamides is 1. The van der Waals surface area contributed by atoms with Crippen molar-refractivity contribution in [2.24, 2.45) is 7.05 Å². The molecule has 2 N–H and O–H groups in total. The Morgan fingerprint density at radius 3 is 2.13 bits per heavy atom. The number of nitrogens with zero attached hydrogens (tertiary/aromatic N) is 2. The molecule has 2 amide bonds. The molecule has 0 radical (unpaired) electrons. The van der Waals surface area contributed by atoms with Crippen molar-refractivity contribution in [1.82, 2.24) is 15.2 Å². The van der Waals surface area contributed by atoms with Crippen molar-refractivity contribution in [2.45, 2.75) is 13.0 Å². The minimum Gasteiger partial charge on any atom is -0.455 e. The maximum absolute atomic E-state index is 13.7. The van der Waals surface area contributed by atoms with E-state index in [0.717, 1.165) is 10.6 Å². The van der Waals surface area contributed by atoms with E-state index in [2.05, 4.69) is 10.6 Å². The van der Waals surface area contributed by atoms with Crippen LogP contribution < -0.4 is 20.5 Å². The summed E-state index contributed by atoms with van der Waals surface area (Å²) in [5.41, 5.74) is 1.18. The molecule has 0 saturated heterocycles. The van der Waals surface area contributed by atoms with Crippen LogP contribution in [-0.2, 0) is 17.1 Å². The highest BCUT2D eigenvalue weighted by Gasteiger charge is 2.27. The minimum atomic E-state index is -3.83. The van der Waals surface area contributed by atoms with Crippen LogP contribution in [0, 0.1) is 11.6 Å². The number of carbonyl (C=O) groups is 2. The first-order valence-electron chi connectivity index (χ1n) is 14.0. The van der Waals surface area contributed by atoms with Crippen LogP contribution in [0.4, 0.5) is 14.5 Å². The lowest BCUT2D eigenvalue weighted by Crippen LogP contribution is -2.33. The Balaban J connectivity index is 1.72. The van der Waals surface area contributed by atoms with E-state index < -0.39 is 45.1 Å². The van der Waals surface area contributed by atoms with E-state index in [4.69, 9.17) is 4.42 Å². The first kappa shape index (κ1) is 32.1. The molecule has 3 aromatic carbocycles. The predicted octanol–water partition coefficient (Wildman–Crippen LogP) is 4.99. The summed E-state index contributed by atoms with van der Waals surface area (Å²) in [5, 5.41) is 5.64. The minimum absolute atomic E-state index is 0.120. The molecule has 0 saturated carbocycles. The van der Waals surface area contributed by atoms with Gasteiger partial charge in [-0.05, 0) is 61.0 Å². The predicted molar refractivity (Wildman–Crippen MR) is 171 cm³/mol. The molecule has 1 unspecified atom stereocenters. The van der Waals surface area contributed by atoms with Crippen LogP contribution in [0.3, 0.4) is 0 Å². The summed E-state index contributed by atoms with van der Waals surface area (Å²) >= 11 is 0. The van der Waals surface area contributed by atoms with Gasteiger partial charge in [0.15, 0.2) is 0 Å². The molecule has 46 heavy (non-hydrogen) atoms. The SMILES string of the molecule is CNC(=O)c1c(-c2ccc(F)cc2)oc2cc(N(C)S(C)(=O)=O)c(-c3cc(C(=O)NC(C)c4ccc(F)cc4)c(=O)n(C)c3)cc12. The molecule has 2 heterocycles. The Bertz CT molecular complexity index is 2160. The Kier molecular flexibility index (Phi) is 8.54. The Morgan fingerprint density at radius 1 is 0.935 bits per heavy atom. The van der Waals surface area contributed by atoms with Gasteiger partial charge in [0.05, 0.1) is 23.5 Å². The van der Waals surface area contributed by atoms with Crippen molar-refractivity contribution in [3.8, 4) is 22.5 Å². The third kappa shape index (κ3) is 6.13. The second-order valence-electron chi connectivity index (χ2n) is 10.8. The quantitative estimate of drug-likeness (QED) is 0.244. The number of carbonyl (C=O) groups excluding carboxylic acids is 2. The van der Waals surface area contributed by atoms with Crippen LogP contribution >= 0.6 is 0 Å². The maximum Gasteiger partial charge on any atom is 0.263 e. The highest BCUT2D eigenvalue weighted by atomic mass is 32.2. The molecular formula is C33H30F2N4O6S. The molecule has 5 aromatic rings. The molecule has 0 fully saturated rings. The van der Waals surface area contributed by atoms with Gasteiger partial charge in [0.25, 0.3) is 17.4 Å². The second kappa shape index (κ2) is 12.2. The highest BCUT2D eigenvalue weighted by Crippen LogP contribution is 2.41. The standard InChI is InChI=1S/C33H30F2N4O6S/c1-18(19-6-10-22(34)11-7-19)37-31(40)26-14-21(17-38(3)33(26)42)24-15-25-28(16-27(24)39(4)46(5,43)44)45-30(29(25)32(41)36-2)20-8-12-23(35)13-9-20/h6-18H,1-5H3,(H,36,41)(H,37,40). The number of hydrogen-bond donors (Lipinski definition) is 2. The number of furan rings is 1. The van der Waals surface area contributed by atoms with Gasteiger partial charge in [-0.2, -0.15) is 0 Å². The van der Waals surface area contributed by atoms with Crippen LogP contribution in [0.2, 0.25) is 0 Å². The van der Waals surface area contributed by atoms with E-state index in [1.54, 1.807) is 13.0 Å². The van der Waals surface area contributed by atoms with Crippen molar-refractivity contribution in [1.29, 1.82) is 0 Å². The van der Waals surface area contributed by atoms with Gasteiger partial charge in [-0.1, -0.05) is 12.1 Å². The number of hydrogen-bond acceptors (Lipinski definition) is 6. The van der Waals surface area contributed by atoms with Gasteiger partial charge in [-0.25, -0.2) is 17.2 Å². The summed E-state index contributed by atoms with van der Waals surface area (Å²) in [6.45, 7) is 1.69. The number of anilines is 1. The zero-order chi connectivity index (χ0) is 33.5. The molecule has 13 heteroatoms. The third-order valence-corrected chi connectivity index (χ3v) is 8.85. The molecule has 238 valence electrons. The van der Waals surface area contributed by atoms with Crippen LogP contribution in [0.15, 0.2) is 82.1 Å². The normalized spacial score (nSPS) is 12.2. The van der Waals surface area contributed by atoms with Crippen molar-refractivity contribution in [3.63, 3.8) is 0 Å². The molecule has 0 aliphatic rings. The molecule has 0 aliphatic heterocycles. The number of rotatable bonds is 8. The first-order chi connectivity index (χ1) is 21.7. The zero-order valence-electron chi connectivity index (χ0n) is 25.5. The van der Waals surface area contributed by atoms with Gasteiger partial charge in [-0.15, -0.1) is 0 Å².